The van der Waals surface area contributed by atoms with Crippen LogP contribution >= 0.6 is 0 Å². The monoisotopic (exact) mass is 190 g/mol. The SMILES string of the molecule is CCNC1=NN(c2c[c]ccc2)CO1. The summed E-state index contributed by atoms with van der Waals surface area (Å²) in [5, 5.41) is 9.05. The normalized spacial score (nSPS) is 14.9. The van der Waals surface area contributed by atoms with Crippen molar-refractivity contribution in [1.29, 1.82) is 0 Å². The first-order valence-corrected chi connectivity index (χ1v) is 4.59. The highest BCUT2D eigenvalue weighted by Gasteiger charge is 2.15. The number of nitrogens with zero attached hydrogens (tertiary/aromatic N) is 2. The van der Waals surface area contributed by atoms with Crippen LogP contribution in [0.1, 0.15) is 6.92 Å². The predicted octanol–water partition coefficient (Wildman–Crippen LogP) is 1.16. The van der Waals surface area contributed by atoms with Gasteiger partial charge in [-0.25, -0.2) is 5.01 Å². The molecule has 0 amide bonds. The molecule has 4 heteroatoms. The maximum atomic E-state index is 5.31. The third-order valence-electron chi connectivity index (χ3n) is 1.85. The molecule has 0 aromatic heterocycles. The van der Waals surface area contributed by atoms with Gasteiger partial charge in [-0.3, -0.25) is 0 Å². The fourth-order valence-electron chi connectivity index (χ4n) is 1.20. The summed E-state index contributed by atoms with van der Waals surface area (Å²) in [6.07, 6.45) is 0. The van der Waals surface area contributed by atoms with Crippen molar-refractivity contribution in [2.45, 2.75) is 6.92 Å². The largest absolute Gasteiger partial charge is 0.441 e. The Hall–Kier alpha value is -1.71. The highest BCUT2D eigenvalue weighted by Crippen LogP contribution is 2.15. The zero-order valence-corrected chi connectivity index (χ0v) is 8.03. The Balaban J connectivity index is 2.08. The Morgan fingerprint density at radius 1 is 1.71 bits per heavy atom. The van der Waals surface area contributed by atoms with Gasteiger partial charge in [-0.05, 0) is 25.1 Å². The summed E-state index contributed by atoms with van der Waals surface area (Å²) in [7, 11) is 0. The van der Waals surface area contributed by atoms with Crippen molar-refractivity contribution in [3.8, 4) is 0 Å². The molecule has 1 N–H and O–H groups in total. The van der Waals surface area contributed by atoms with E-state index in [1.165, 1.54) is 0 Å². The maximum Gasteiger partial charge on any atom is 0.308 e. The third kappa shape index (κ3) is 1.79. The molecule has 2 rings (SSSR count). The average molecular weight is 190 g/mol. The van der Waals surface area contributed by atoms with Crippen molar-refractivity contribution in [2.75, 3.05) is 18.3 Å². The molecule has 0 saturated carbocycles. The van der Waals surface area contributed by atoms with Crippen LogP contribution in [0, 0.1) is 6.07 Å². The molecule has 1 radical (unpaired) electrons. The van der Waals surface area contributed by atoms with E-state index in [0.717, 1.165) is 12.2 Å². The van der Waals surface area contributed by atoms with Crippen LogP contribution < -0.4 is 10.3 Å². The molecule has 1 aromatic carbocycles. The molecule has 0 saturated heterocycles. The maximum absolute atomic E-state index is 5.31. The fourth-order valence-corrected chi connectivity index (χ4v) is 1.20. The molecule has 0 spiro atoms. The van der Waals surface area contributed by atoms with E-state index in [-0.39, 0.29) is 0 Å². The molecule has 73 valence electrons. The zero-order valence-electron chi connectivity index (χ0n) is 8.03. The second kappa shape index (κ2) is 4.00. The summed E-state index contributed by atoms with van der Waals surface area (Å²) >= 11 is 0. The minimum atomic E-state index is 0.459. The summed E-state index contributed by atoms with van der Waals surface area (Å²) in [6, 6.07) is 11.2. The molecular weight excluding hydrogens is 178 g/mol. The topological polar surface area (TPSA) is 36.9 Å². The summed E-state index contributed by atoms with van der Waals surface area (Å²) in [5.74, 6) is 0. The molecule has 1 aliphatic rings. The van der Waals surface area contributed by atoms with Crippen molar-refractivity contribution in [2.24, 2.45) is 5.10 Å². The van der Waals surface area contributed by atoms with E-state index < -0.39 is 0 Å². The minimum Gasteiger partial charge on any atom is -0.441 e. The number of amidine groups is 1. The lowest BCUT2D eigenvalue weighted by atomic mass is 10.3. The number of anilines is 1. The lowest BCUT2D eigenvalue weighted by Crippen LogP contribution is -2.22. The number of ether oxygens (including phenoxy) is 1. The molecule has 1 aliphatic heterocycles. The minimum absolute atomic E-state index is 0.459. The number of hydrogen-bond acceptors (Lipinski definition) is 4. The second-order valence-electron chi connectivity index (χ2n) is 2.87. The van der Waals surface area contributed by atoms with E-state index in [1.54, 1.807) is 5.01 Å². The number of rotatable bonds is 2. The van der Waals surface area contributed by atoms with Crippen LogP contribution in [0.4, 0.5) is 5.69 Å². The first kappa shape index (κ1) is 8.87. The van der Waals surface area contributed by atoms with Crippen molar-refractivity contribution < 1.29 is 4.74 Å². The molecule has 4 nitrogen and oxygen atoms in total. The molecule has 0 unspecified atom stereocenters. The van der Waals surface area contributed by atoms with Crippen LogP contribution in [0.25, 0.3) is 0 Å². The fraction of sp³-hybridized carbons (Fsp3) is 0.300. The van der Waals surface area contributed by atoms with Gasteiger partial charge in [-0.15, -0.1) is 5.10 Å². The van der Waals surface area contributed by atoms with Crippen LogP contribution in [0.5, 0.6) is 0 Å². The molecule has 0 aliphatic carbocycles. The Kier molecular flexibility index (Phi) is 2.53. The first-order chi connectivity index (χ1) is 6.90. The second-order valence-corrected chi connectivity index (χ2v) is 2.87. The van der Waals surface area contributed by atoms with Crippen LogP contribution in [0.3, 0.4) is 0 Å². The highest BCUT2D eigenvalue weighted by molar-refractivity contribution is 5.76. The van der Waals surface area contributed by atoms with E-state index in [9.17, 15) is 0 Å². The van der Waals surface area contributed by atoms with Crippen molar-refractivity contribution in [3.63, 3.8) is 0 Å². The third-order valence-corrected chi connectivity index (χ3v) is 1.85. The van der Waals surface area contributed by atoms with Crippen LogP contribution in [-0.4, -0.2) is 19.3 Å². The molecular formula is C10H12N3O. The Labute approximate surface area is 83.2 Å². The Morgan fingerprint density at radius 2 is 2.64 bits per heavy atom. The number of hydrazone groups is 1. The molecule has 0 bridgehead atoms. The Bertz CT molecular complexity index is 323. The first-order valence-electron chi connectivity index (χ1n) is 4.59. The van der Waals surface area contributed by atoms with E-state index in [1.807, 2.05) is 31.2 Å². The van der Waals surface area contributed by atoms with E-state index in [2.05, 4.69) is 16.5 Å². The number of benzene rings is 1. The van der Waals surface area contributed by atoms with Crippen LogP contribution in [0.2, 0.25) is 0 Å². The summed E-state index contributed by atoms with van der Waals surface area (Å²) < 4.78 is 5.31. The molecule has 0 fully saturated rings. The van der Waals surface area contributed by atoms with Crippen molar-refractivity contribution in [3.05, 3.63) is 30.3 Å². The van der Waals surface area contributed by atoms with Gasteiger partial charge in [0.25, 0.3) is 0 Å². The van der Waals surface area contributed by atoms with Gasteiger partial charge in [0.05, 0.1) is 5.69 Å². The molecule has 0 atom stereocenters. The van der Waals surface area contributed by atoms with Crippen LogP contribution in [0.15, 0.2) is 29.4 Å². The van der Waals surface area contributed by atoms with Gasteiger partial charge < -0.3 is 10.1 Å². The van der Waals surface area contributed by atoms with Crippen LogP contribution in [-0.2, 0) is 4.74 Å². The summed E-state index contributed by atoms with van der Waals surface area (Å²) in [6.45, 7) is 3.28. The predicted molar refractivity (Wildman–Crippen MR) is 54.8 cm³/mol. The summed E-state index contributed by atoms with van der Waals surface area (Å²) in [4.78, 5) is 0. The van der Waals surface area contributed by atoms with Gasteiger partial charge in [0.15, 0.2) is 6.73 Å². The zero-order chi connectivity index (χ0) is 9.80. The van der Waals surface area contributed by atoms with Crippen molar-refractivity contribution in [1.82, 2.24) is 5.32 Å². The molecule has 14 heavy (non-hydrogen) atoms. The highest BCUT2D eigenvalue weighted by atomic mass is 16.5. The van der Waals surface area contributed by atoms with Gasteiger partial charge in [0, 0.05) is 6.54 Å². The number of hydrogen-bond donors (Lipinski definition) is 1. The lowest BCUT2D eigenvalue weighted by molar-refractivity contribution is 0.323. The van der Waals surface area contributed by atoms with E-state index >= 15 is 0 Å². The summed E-state index contributed by atoms with van der Waals surface area (Å²) in [5.41, 5.74) is 0.986. The van der Waals surface area contributed by atoms with Gasteiger partial charge in [-0.2, -0.15) is 0 Å². The molecule has 1 aromatic rings. The van der Waals surface area contributed by atoms with Gasteiger partial charge in [0.2, 0.25) is 0 Å². The van der Waals surface area contributed by atoms with Gasteiger partial charge in [0.1, 0.15) is 0 Å². The smallest absolute Gasteiger partial charge is 0.308 e. The van der Waals surface area contributed by atoms with Gasteiger partial charge >= 0.3 is 6.02 Å². The van der Waals surface area contributed by atoms with Gasteiger partial charge in [-0.1, -0.05) is 12.1 Å². The van der Waals surface area contributed by atoms with E-state index in [0.29, 0.717) is 12.8 Å². The lowest BCUT2D eigenvalue weighted by Gasteiger charge is -2.09. The quantitative estimate of drug-likeness (QED) is 0.760. The standard InChI is InChI=1S/C10H12N3O/c1-2-11-10-12-13(8-14-10)9-6-4-3-5-7-9/h3-4,6-7H,2,8H2,1H3,(H,11,12). The van der Waals surface area contributed by atoms with Crippen molar-refractivity contribution >= 4 is 11.7 Å². The number of nitrogens with one attached hydrogen (secondary N) is 1. The Morgan fingerprint density at radius 3 is 3.36 bits per heavy atom. The molecule has 1 heterocycles. The average Bonchev–Trinajstić information content (AvgIpc) is 2.68. The van der Waals surface area contributed by atoms with E-state index in [4.69, 9.17) is 4.74 Å².